The van der Waals surface area contributed by atoms with Crippen LogP contribution < -0.4 is 0 Å². The summed E-state index contributed by atoms with van der Waals surface area (Å²) in [5, 5.41) is 18.8. The molecule has 1 heterocycles. The second-order valence-electron chi connectivity index (χ2n) is 7.61. The number of hydrogen-bond donors (Lipinski definition) is 2. The number of hydrogen-bond acceptors (Lipinski definition) is 3. The first kappa shape index (κ1) is 23.9. The van der Waals surface area contributed by atoms with Crippen molar-refractivity contribution in [3.05, 3.63) is 47.5 Å². The maximum absolute atomic E-state index is 12.8. The average Bonchev–Trinajstić information content (AvgIpc) is 3.02. The van der Waals surface area contributed by atoms with Crippen molar-refractivity contribution in [2.24, 2.45) is 0 Å². The zero-order valence-corrected chi connectivity index (χ0v) is 16.8. The zero-order valence-electron chi connectivity index (χ0n) is 16.8. The topological polar surface area (TPSA) is 77.8 Å². The highest BCUT2D eigenvalue weighted by atomic mass is 19.4. The number of carbonyl (C=O) groups is 2. The fourth-order valence-electron chi connectivity index (χ4n) is 3.60. The summed E-state index contributed by atoms with van der Waals surface area (Å²) in [6.07, 6.45) is 2.26. The van der Waals surface area contributed by atoms with Gasteiger partial charge in [-0.25, -0.2) is 0 Å². The van der Waals surface area contributed by atoms with Gasteiger partial charge in [0.2, 0.25) is 5.91 Å². The molecule has 1 fully saturated rings. The van der Waals surface area contributed by atoms with Crippen molar-refractivity contribution < 1.29 is 33.0 Å². The van der Waals surface area contributed by atoms with Gasteiger partial charge in [-0.1, -0.05) is 43.2 Å². The molecule has 0 saturated carbocycles. The number of benzene rings is 1. The smallest absolute Gasteiger partial charge is 0.416 e. The lowest BCUT2D eigenvalue weighted by Crippen LogP contribution is -2.32. The molecule has 0 bridgehead atoms. The van der Waals surface area contributed by atoms with Crippen molar-refractivity contribution in [1.29, 1.82) is 0 Å². The quantitative estimate of drug-likeness (QED) is 0.410. The summed E-state index contributed by atoms with van der Waals surface area (Å²) in [4.78, 5) is 24.4. The number of aliphatic hydroxyl groups excluding tert-OH is 1. The Morgan fingerprint density at radius 3 is 2.67 bits per heavy atom. The van der Waals surface area contributed by atoms with Crippen LogP contribution in [0.5, 0.6) is 0 Å². The molecule has 1 aromatic carbocycles. The van der Waals surface area contributed by atoms with Crippen molar-refractivity contribution in [3.8, 4) is 0 Å². The molecule has 1 aromatic rings. The maximum atomic E-state index is 12.8. The molecule has 0 aliphatic carbocycles. The van der Waals surface area contributed by atoms with Crippen LogP contribution in [0.15, 0.2) is 36.4 Å². The number of halogens is 3. The Morgan fingerprint density at radius 1 is 1.23 bits per heavy atom. The SMILES string of the molecule is O=C(O)CCCCCCN1C(=O)CC[C@@H]1C=CC(O)Cc1cccc(C(F)(F)F)c1. The van der Waals surface area contributed by atoms with Crippen LogP contribution in [0.3, 0.4) is 0 Å². The molecule has 0 aromatic heterocycles. The number of nitrogens with zero attached hydrogens (tertiary/aromatic N) is 1. The number of carboxylic acids is 1. The molecule has 5 nitrogen and oxygen atoms in total. The molecule has 0 radical (unpaired) electrons. The van der Waals surface area contributed by atoms with E-state index in [9.17, 15) is 27.9 Å². The fourth-order valence-corrected chi connectivity index (χ4v) is 3.60. The summed E-state index contributed by atoms with van der Waals surface area (Å²) in [7, 11) is 0. The highest BCUT2D eigenvalue weighted by molar-refractivity contribution is 5.79. The monoisotopic (exact) mass is 427 g/mol. The Balaban J connectivity index is 1.83. The molecule has 0 spiro atoms. The fraction of sp³-hybridized carbons (Fsp3) is 0.545. The number of unbranched alkanes of at least 4 members (excludes halogenated alkanes) is 3. The first-order valence-electron chi connectivity index (χ1n) is 10.2. The summed E-state index contributed by atoms with van der Waals surface area (Å²) in [6.45, 7) is 0.574. The predicted octanol–water partition coefficient (Wildman–Crippen LogP) is 4.19. The number of rotatable bonds is 11. The van der Waals surface area contributed by atoms with E-state index in [4.69, 9.17) is 5.11 Å². The normalized spacial score (nSPS) is 18.3. The number of amides is 1. The van der Waals surface area contributed by atoms with Crippen molar-refractivity contribution in [2.45, 2.75) is 69.7 Å². The summed E-state index contributed by atoms with van der Waals surface area (Å²) >= 11 is 0. The molecule has 30 heavy (non-hydrogen) atoms. The standard InChI is InChI=1S/C22H28F3NO4/c23-22(24,25)17-7-5-6-16(14-17)15-19(27)11-9-18-10-12-20(28)26(18)13-4-2-1-3-8-21(29)30/h5-7,9,11,14,18-19,27H,1-4,8,10,12-13,15H2,(H,29,30)/t18-,19?/m0/s1. The first-order chi connectivity index (χ1) is 14.2. The van der Waals surface area contributed by atoms with Crippen LogP contribution in [0.4, 0.5) is 13.2 Å². The average molecular weight is 427 g/mol. The van der Waals surface area contributed by atoms with Crippen LogP contribution in [0.25, 0.3) is 0 Å². The largest absolute Gasteiger partial charge is 0.481 e. The number of carbonyl (C=O) groups excluding carboxylic acids is 1. The zero-order chi connectivity index (χ0) is 22.1. The lowest BCUT2D eigenvalue weighted by atomic mass is 10.0. The third-order valence-corrected chi connectivity index (χ3v) is 5.17. The highest BCUT2D eigenvalue weighted by Gasteiger charge is 2.30. The van der Waals surface area contributed by atoms with Crippen LogP contribution in [0, 0.1) is 0 Å². The molecule has 1 amide bonds. The van der Waals surface area contributed by atoms with E-state index in [1.54, 1.807) is 23.1 Å². The number of aliphatic carboxylic acids is 1. The van der Waals surface area contributed by atoms with Gasteiger partial charge in [-0.05, 0) is 30.9 Å². The van der Waals surface area contributed by atoms with Crippen molar-refractivity contribution in [2.75, 3.05) is 6.54 Å². The van der Waals surface area contributed by atoms with E-state index in [0.717, 1.165) is 31.4 Å². The van der Waals surface area contributed by atoms with Gasteiger partial charge < -0.3 is 15.1 Å². The van der Waals surface area contributed by atoms with E-state index in [0.29, 0.717) is 31.4 Å². The summed E-state index contributed by atoms with van der Waals surface area (Å²) < 4.78 is 38.4. The van der Waals surface area contributed by atoms with E-state index in [-0.39, 0.29) is 24.8 Å². The first-order valence-corrected chi connectivity index (χ1v) is 10.2. The van der Waals surface area contributed by atoms with Gasteiger partial charge in [0.05, 0.1) is 17.7 Å². The highest BCUT2D eigenvalue weighted by Crippen LogP contribution is 2.30. The van der Waals surface area contributed by atoms with Crippen LogP contribution in [0.1, 0.15) is 56.1 Å². The van der Waals surface area contributed by atoms with Gasteiger partial charge in [-0.2, -0.15) is 13.2 Å². The van der Waals surface area contributed by atoms with E-state index in [1.165, 1.54) is 6.07 Å². The van der Waals surface area contributed by atoms with Gasteiger partial charge in [0.1, 0.15) is 0 Å². The van der Waals surface area contributed by atoms with Crippen molar-refractivity contribution in [1.82, 2.24) is 4.90 Å². The predicted molar refractivity (Wildman–Crippen MR) is 106 cm³/mol. The summed E-state index contributed by atoms with van der Waals surface area (Å²) in [5.41, 5.74) is -0.352. The minimum absolute atomic E-state index is 0.0440. The molecular weight excluding hydrogens is 399 g/mol. The minimum Gasteiger partial charge on any atom is -0.481 e. The van der Waals surface area contributed by atoms with Crippen LogP contribution in [-0.2, 0) is 22.2 Å². The third kappa shape index (κ3) is 7.82. The molecule has 1 aliphatic rings. The Kier molecular flexibility index (Phi) is 8.89. The Hall–Kier alpha value is -2.35. The molecule has 1 unspecified atom stereocenters. The second kappa shape index (κ2) is 11.2. The number of carboxylic acid groups (broad SMARTS) is 1. The molecular formula is C22H28F3NO4. The van der Waals surface area contributed by atoms with E-state index >= 15 is 0 Å². The van der Waals surface area contributed by atoms with E-state index in [1.807, 2.05) is 0 Å². The Labute approximate surface area is 174 Å². The lowest BCUT2D eigenvalue weighted by molar-refractivity contribution is -0.138. The maximum Gasteiger partial charge on any atom is 0.416 e. The van der Waals surface area contributed by atoms with Gasteiger partial charge in [0.15, 0.2) is 0 Å². The molecule has 2 N–H and O–H groups in total. The summed E-state index contributed by atoms with van der Waals surface area (Å²) in [5.74, 6) is -0.763. The summed E-state index contributed by atoms with van der Waals surface area (Å²) in [6, 6.07) is 4.76. The second-order valence-corrected chi connectivity index (χ2v) is 7.61. The molecule has 2 rings (SSSR count). The van der Waals surface area contributed by atoms with Crippen molar-refractivity contribution >= 4 is 11.9 Å². The van der Waals surface area contributed by atoms with Crippen LogP contribution in [0.2, 0.25) is 0 Å². The number of aliphatic hydroxyl groups is 1. The van der Waals surface area contributed by atoms with E-state index < -0.39 is 23.8 Å². The molecule has 1 saturated heterocycles. The van der Waals surface area contributed by atoms with Gasteiger partial charge in [-0.15, -0.1) is 0 Å². The van der Waals surface area contributed by atoms with E-state index in [2.05, 4.69) is 0 Å². The van der Waals surface area contributed by atoms with Gasteiger partial charge in [-0.3, -0.25) is 9.59 Å². The third-order valence-electron chi connectivity index (χ3n) is 5.17. The molecule has 8 heteroatoms. The van der Waals surface area contributed by atoms with Gasteiger partial charge in [0, 0.05) is 25.8 Å². The van der Waals surface area contributed by atoms with Gasteiger partial charge in [0.25, 0.3) is 0 Å². The van der Waals surface area contributed by atoms with Crippen LogP contribution >= 0.6 is 0 Å². The van der Waals surface area contributed by atoms with Gasteiger partial charge >= 0.3 is 12.1 Å². The number of alkyl halides is 3. The minimum atomic E-state index is -4.42. The lowest BCUT2D eigenvalue weighted by Gasteiger charge is -2.22. The Bertz CT molecular complexity index is 748. The Morgan fingerprint density at radius 2 is 1.97 bits per heavy atom. The van der Waals surface area contributed by atoms with Crippen molar-refractivity contribution in [3.63, 3.8) is 0 Å². The number of likely N-dealkylation sites (tertiary alicyclic amines) is 1. The molecule has 1 aliphatic heterocycles. The van der Waals surface area contributed by atoms with Crippen LogP contribution in [-0.4, -0.2) is 45.7 Å². The molecule has 166 valence electrons. The molecule has 2 atom stereocenters.